The Morgan fingerprint density at radius 1 is 1.06 bits per heavy atom. The number of hydrogen-bond donors (Lipinski definition) is 1. The molecule has 0 saturated heterocycles. The van der Waals surface area contributed by atoms with E-state index < -0.39 is 5.97 Å². The van der Waals surface area contributed by atoms with Crippen molar-refractivity contribution in [2.75, 3.05) is 32.7 Å². The smallest absolute Gasteiger partial charge is 0.330 e. The summed E-state index contributed by atoms with van der Waals surface area (Å²) in [5, 5.41) is 8.86. The van der Waals surface area contributed by atoms with E-state index in [2.05, 4.69) is 23.6 Å². The maximum Gasteiger partial charge on any atom is 0.330 e. The summed E-state index contributed by atoms with van der Waals surface area (Å²) >= 11 is 0. The third kappa shape index (κ3) is 5.16. The lowest BCUT2D eigenvalue weighted by Gasteiger charge is -2.28. The van der Waals surface area contributed by atoms with Crippen molar-refractivity contribution in [3.05, 3.63) is 11.8 Å². The molecule has 0 fully saturated rings. The van der Waals surface area contributed by atoms with Crippen molar-refractivity contribution >= 4 is 5.97 Å². The Kier molecular flexibility index (Phi) is 7.64. The van der Waals surface area contributed by atoms with Gasteiger partial charge in [-0.15, -0.1) is 0 Å². The molecule has 0 rings (SSSR count). The number of carboxylic acid groups (broad SMARTS) is 1. The Hall–Kier alpha value is -1.03. The summed E-state index contributed by atoms with van der Waals surface area (Å²) in [4.78, 5) is 15.1. The quantitative estimate of drug-likeness (QED) is 0.641. The molecule has 4 heteroatoms. The van der Waals surface area contributed by atoms with Crippen LogP contribution in [0, 0.1) is 0 Å². The van der Waals surface area contributed by atoms with Gasteiger partial charge in [-0.2, -0.15) is 0 Å². The predicted molar refractivity (Wildman–Crippen MR) is 66.4 cm³/mol. The zero-order valence-electron chi connectivity index (χ0n) is 10.9. The second-order valence-electron chi connectivity index (χ2n) is 3.61. The summed E-state index contributed by atoms with van der Waals surface area (Å²) in [6.07, 6.45) is 1.32. The fourth-order valence-corrected chi connectivity index (χ4v) is 1.69. The fraction of sp³-hybridized carbons (Fsp3) is 0.750. The Labute approximate surface area is 98.5 Å². The summed E-state index contributed by atoms with van der Waals surface area (Å²) in [6.45, 7) is 12.5. The molecule has 0 saturated carbocycles. The number of carboxylic acids is 1. The molecular formula is C12H24N2O2. The number of rotatable bonds is 8. The lowest BCUT2D eigenvalue weighted by molar-refractivity contribution is -0.131. The van der Waals surface area contributed by atoms with Crippen LogP contribution < -0.4 is 0 Å². The Balaban J connectivity index is 4.73. The van der Waals surface area contributed by atoms with Gasteiger partial charge >= 0.3 is 5.97 Å². The number of hydrogen-bond acceptors (Lipinski definition) is 3. The molecule has 0 bridgehead atoms. The molecule has 0 aromatic carbocycles. The molecule has 0 aliphatic carbocycles. The molecule has 0 aliphatic rings. The second-order valence-corrected chi connectivity index (χ2v) is 3.61. The van der Waals surface area contributed by atoms with Crippen LogP contribution in [0.2, 0.25) is 0 Å². The standard InChI is InChI=1S/C12H24N2O2/c1-5-13(6-2)10-11(9-12(15)16)14(7-3)8-4/h9H,5-8,10H2,1-4H3,(H,15,16)/b11-9-. The van der Waals surface area contributed by atoms with Crippen LogP contribution in [0.4, 0.5) is 0 Å². The van der Waals surface area contributed by atoms with Gasteiger partial charge in [-0.3, -0.25) is 4.90 Å². The zero-order chi connectivity index (χ0) is 12.6. The molecule has 4 nitrogen and oxygen atoms in total. The molecule has 0 atom stereocenters. The fourth-order valence-electron chi connectivity index (χ4n) is 1.69. The van der Waals surface area contributed by atoms with Gasteiger partial charge in [0, 0.05) is 31.4 Å². The lowest BCUT2D eigenvalue weighted by atomic mass is 10.3. The maximum absolute atomic E-state index is 10.8. The average molecular weight is 228 g/mol. The van der Waals surface area contributed by atoms with Crippen LogP contribution in [0.1, 0.15) is 27.7 Å². The molecule has 0 unspecified atom stereocenters. The van der Waals surface area contributed by atoms with Crippen LogP contribution in [0.3, 0.4) is 0 Å². The minimum Gasteiger partial charge on any atom is -0.478 e. The van der Waals surface area contributed by atoms with Gasteiger partial charge in [-0.1, -0.05) is 13.8 Å². The Morgan fingerprint density at radius 2 is 1.56 bits per heavy atom. The normalized spacial score (nSPS) is 11.9. The van der Waals surface area contributed by atoms with E-state index in [0.717, 1.165) is 31.9 Å². The van der Waals surface area contributed by atoms with Gasteiger partial charge < -0.3 is 10.0 Å². The first kappa shape index (κ1) is 15.0. The first-order chi connectivity index (χ1) is 7.58. The van der Waals surface area contributed by atoms with E-state index in [1.807, 2.05) is 13.8 Å². The second kappa shape index (κ2) is 8.16. The summed E-state index contributed by atoms with van der Waals surface area (Å²) in [5.74, 6) is -0.867. The van der Waals surface area contributed by atoms with Crippen LogP contribution in [-0.4, -0.2) is 53.6 Å². The van der Waals surface area contributed by atoms with E-state index in [9.17, 15) is 4.79 Å². The van der Waals surface area contributed by atoms with Crippen LogP contribution in [-0.2, 0) is 4.79 Å². The highest BCUT2D eigenvalue weighted by Gasteiger charge is 2.11. The highest BCUT2D eigenvalue weighted by atomic mass is 16.4. The van der Waals surface area contributed by atoms with Crippen molar-refractivity contribution in [2.24, 2.45) is 0 Å². The zero-order valence-corrected chi connectivity index (χ0v) is 10.9. The topological polar surface area (TPSA) is 43.8 Å². The monoisotopic (exact) mass is 228 g/mol. The number of aliphatic carboxylic acids is 1. The van der Waals surface area contributed by atoms with Crippen molar-refractivity contribution in [2.45, 2.75) is 27.7 Å². The van der Waals surface area contributed by atoms with Gasteiger partial charge in [0.25, 0.3) is 0 Å². The van der Waals surface area contributed by atoms with E-state index >= 15 is 0 Å². The molecule has 1 N–H and O–H groups in total. The first-order valence-electron chi connectivity index (χ1n) is 5.99. The van der Waals surface area contributed by atoms with Gasteiger partial charge in [0.1, 0.15) is 0 Å². The summed E-state index contributed by atoms with van der Waals surface area (Å²) in [7, 11) is 0. The minimum atomic E-state index is -0.867. The van der Waals surface area contributed by atoms with Crippen LogP contribution >= 0.6 is 0 Å². The van der Waals surface area contributed by atoms with Crippen molar-refractivity contribution in [1.82, 2.24) is 9.80 Å². The molecular weight excluding hydrogens is 204 g/mol. The molecule has 16 heavy (non-hydrogen) atoms. The third-order valence-corrected chi connectivity index (χ3v) is 2.74. The van der Waals surface area contributed by atoms with Gasteiger partial charge in [-0.25, -0.2) is 4.79 Å². The van der Waals surface area contributed by atoms with E-state index in [0.29, 0.717) is 6.54 Å². The summed E-state index contributed by atoms with van der Waals surface area (Å²) in [6, 6.07) is 0. The Morgan fingerprint density at radius 3 is 1.88 bits per heavy atom. The van der Waals surface area contributed by atoms with Gasteiger partial charge in [0.2, 0.25) is 0 Å². The SMILES string of the molecule is CCN(CC)C/C(=C/C(=O)O)N(CC)CC. The molecule has 0 aromatic heterocycles. The van der Waals surface area contributed by atoms with Crippen molar-refractivity contribution in [1.29, 1.82) is 0 Å². The summed E-state index contributed by atoms with van der Waals surface area (Å²) in [5.41, 5.74) is 0.890. The van der Waals surface area contributed by atoms with Gasteiger partial charge in [0.05, 0.1) is 0 Å². The molecule has 0 heterocycles. The van der Waals surface area contributed by atoms with E-state index in [4.69, 9.17) is 5.11 Å². The number of carbonyl (C=O) groups is 1. The maximum atomic E-state index is 10.8. The molecule has 0 radical (unpaired) electrons. The lowest BCUT2D eigenvalue weighted by Crippen LogP contribution is -2.33. The first-order valence-corrected chi connectivity index (χ1v) is 5.99. The Bertz CT molecular complexity index is 231. The molecule has 0 spiro atoms. The van der Waals surface area contributed by atoms with Crippen LogP contribution in [0.5, 0.6) is 0 Å². The molecule has 94 valence electrons. The van der Waals surface area contributed by atoms with Gasteiger partial charge in [0.15, 0.2) is 0 Å². The predicted octanol–water partition coefficient (Wildman–Crippen LogP) is 1.64. The minimum absolute atomic E-state index is 0.709. The molecule has 0 aromatic rings. The van der Waals surface area contributed by atoms with Crippen molar-refractivity contribution in [3.8, 4) is 0 Å². The molecule has 0 aliphatic heterocycles. The van der Waals surface area contributed by atoms with Gasteiger partial charge in [-0.05, 0) is 26.9 Å². The molecule has 0 amide bonds. The average Bonchev–Trinajstić information content (AvgIpc) is 2.26. The highest BCUT2D eigenvalue weighted by Crippen LogP contribution is 2.06. The van der Waals surface area contributed by atoms with Crippen LogP contribution in [0.25, 0.3) is 0 Å². The van der Waals surface area contributed by atoms with E-state index in [-0.39, 0.29) is 0 Å². The van der Waals surface area contributed by atoms with Crippen molar-refractivity contribution < 1.29 is 9.90 Å². The summed E-state index contributed by atoms with van der Waals surface area (Å²) < 4.78 is 0. The highest BCUT2D eigenvalue weighted by molar-refractivity contribution is 5.80. The van der Waals surface area contributed by atoms with E-state index in [1.54, 1.807) is 0 Å². The number of likely N-dealkylation sites (N-methyl/N-ethyl adjacent to an activating group) is 2. The van der Waals surface area contributed by atoms with E-state index in [1.165, 1.54) is 6.08 Å². The largest absolute Gasteiger partial charge is 0.478 e. The third-order valence-electron chi connectivity index (χ3n) is 2.74. The number of nitrogens with zero attached hydrogens (tertiary/aromatic N) is 2. The van der Waals surface area contributed by atoms with Crippen molar-refractivity contribution in [3.63, 3.8) is 0 Å². The van der Waals surface area contributed by atoms with Crippen LogP contribution in [0.15, 0.2) is 11.8 Å².